The zero-order chi connectivity index (χ0) is 14.1. The fraction of sp³-hybridized carbons (Fsp3) is 0.133. The fourth-order valence-corrected chi connectivity index (χ4v) is 2.24. The predicted octanol–water partition coefficient (Wildman–Crippen LogP) is 3.41. The maximum absolute atomic E-state index is 6.01. The van der Waals surface area contributed by atoms with E-state index in [4.69, 9.17) is 11.6 Å². The molecule has 0 saturated carbocycles. The van der Waals surface area contributed by atoms with Crippen molar-refractivity contribution in [2.75, 3.05) is 19.0 Å². The second kappa shape index (κ2) is 5.06. The normalized spacial score (nSPS) is 10.8. The molecule has 0 aliphatic carbocycles. The minimum absolute atomic E-state index is 0.201. The first kappa shape index (κ1) is 12.8. The molecule has 0 unspecified atom stereocenters. The van der Waals surface area contributed by atoms with E-state index < -0.39 is 0 Å². The van der Waals surface area contributed by atoms with Crippen LogP contribution in [0.1, 0.15) is 0 Å². The average molecular weight is 285 g/mol. The largest absolute Gasteiger partial charge is 0.347 e. The number of fused-ring (bicyclic) bond motifs is 1. The Hall–Kier alpha value is -2.20. The van der Waals surface area contributed by atoms with Crippen molar-refractivity contribution in [2.24, 2.45) is 0 Å². The number of hydrogen-bond donors (Lipinski definition) is 0. The van der Waals surface area contributed by atoms with Gasteiger partial charge in [0.25, 0.3) is 0 Å². The molecule has 0 aliphatic heterocycles. The molecule has 0 fully saturated rings. The predicted molar refractivity (Wildman–Crippen MR) is 82.1 cm³/mol. The lowest BCUT2D eigenvalue weighted by Gasteiger charge is -2.12. The summed E-state index contributed by atoms with van der Waals surface area (Å²) in [6.45, 7) is 0. The molecule has 4 nitrogen and oxygen atoms in total. The Kier molecular flexibility index (Phi) is 3.24. The molecule has 1 aromatic heterocycles. The van der Waals surface area contributed by atoms with Gasteiger partial charge in [0, 0.05) is 19.7 Å². The highest BCUT2D eigenvalue weighted by Crippen LogP contribution is 2.27. The zero-order valence-electron chi connectivity index (χ0n) is 11.2. The first-order valence-electron chi connectivity index (χ1n) is 6.22. The molecule has 3 aromatic rings. The molecule has 2 aromatic carbocycles. The van der Waals surface area contributed by atoms with Crippen LogP contribution in [-0.4, -0.2) is 29.0 Å². The number of rotatable bonds is 2. The summed E-state index contributed by atoms with van der Waals surface area (Å²) in [5.41, 5.74) is 0.954. The van der Waals surface area contributed by atoms with E-state index in [9.17, 15) is 0 Å². The first-order chi connectivity index (χ1) is 9.65. The van der Waals surface area contributed by atoms with Crippen molar-refractivity contribution in [3.63, 3.8) is 0 Å². The van der Waals surface area contributed by atoms with E-state index >= 15 is 0 Å². The number of hydrogen-bond acceptors (Lipinski definition) is 4. The molecular formula is C15H13ClN4. The van der Waals surface area contributed by atoms with Crippen molar-refractivity contribution >= 4 is 28.3 Å². The van der Waals surface area contributed by atoms with Crippen molar-refractivity contribution < 1.29 is 0 Å². The van der Waals surface area contributed by atoms with Gasteiger partial charge in [0.05, 0.1) is 0 Å². The fourth-order valence-electron chi connectivity index (χ4n) is 2.08. The summed E-state index contributed by atoms with van der Waals surface area (Å²) in [4.78, 5) is 14.6. The summed E-state index contributed by atoms with van der Waals surface area (Å²) in [6.07, 6.45) is 0. The van der Waals surface area contributed by atoms with E-state index in [1.54, 1.807) is 0 Å². The van der Waals surface area contributed by atoms with E-state index in [2.05, 4.69) is 33.2 Å². The van der Waals surface area contributed by atoms with E-state index in [1.165, 1.54) is 0 Å². The Morgan fingerprint density at radius 2 is 1.65 bits per heavy atom. The van der Waals surface area contributed by atoms with Gasteiger partial charge in [-0.15, -0.1) is 0 Å². The average Bonchev–Trinajstić information content (AvgIpc) is 2.46. The third kappa shape index (κ3) is 2.30. The monoisotopic (exact) mass is 284 g/mol. The quantitative estimate of drug-likeness (QED) is 0.723. The second-order valence-electron chi connectivity index (χ2n) is 4.65. The van der Waals surface area contributed by atoms with Gasteiger partial charge in [-0.25, -0.2) is 0 Å². The Morgan fingerprint density at radius 3 is 2.45 bits per heavy atom. The number of aromatic nitrogens is 3. The number of benzene rings is 2. The lowest BCUT2D eigenvalue weighted by atomic mass is 10.0. The summed E-state index contributed by atoms with van der Waals surface area (Å²) < 4.78 is 0. The molecule has 0 atom stereocenters. The molecule has 0 N–H and O–H groups in total. The van der Waals surface area contributed by atoms with Crippen LogP contribution in [0, 0.1) is 0 Å². The molecule has 0 saturated heterocycles. The van der Waals surface area contributed by atoms with Crippen LogP contribution in [0.15, 0.2) is 42.5 Å². The van der Waals surface area contributed by atoms with Crippen LogP contribution >= 0.6 is 11.6 Å². The summed E-state index contributed by atoms with van der Waals surface area (Å²) in [6, 6.07) is 14.2. The van der Waals surface area contributed by atoms with Crippen molar-refractivity contribution in [3.8, 4) is 11.4 Å². The Labute approximate surface area is 122 Å². The smallest absolute Gasteiger partial charge is 0.229 e. The molecule has 0 bridgehead atoms. The van der Waals surface area contributed by atoms with Gasteiger partial charge in [-0.3, -0.25) is 0 Å². The zero-order valence-corrected chi connectivity index (χ0v) is 12.0. The van der Waals surface area contributed by atoms with Crippen molar-refractivity contribution in [1.82, 2.24) is 15.0 Å². The summed E-state index contributed by atoms with van der Waals surface area (Å²) >= 11 is 6.01. The third-order valence-corrected chi connectivity index (χ3v) is 3.20. The van der Waals surface area contributed by atoms with Crippen LogP contribution in [0.25, 0.3) is 22.2 Å². The van der Waals surface area contributed by atoms with Gasteiger partial charge in [-0.2, -0.15) is 15.0 Å². The third-order valence-electron chi connectivity index (χ3n) is 3.03. The molecule has 5 heteroatoms. The van der Waals surface area contributed by atoms with Gasteiger partial charge in [-0.05, 0) is 22.4 Å². The lowest BCUT2D eigenvalue weighted by Crippen LogP contribution is -2.14. The van der Waals surface area contributed by atoms with E-state index in [1.807, 2.05) is 43.3 Å². The first-order valence-corrected chi connectivity index (χ1v) is 6.60. The minimum atomic E-state index is 0.201. The summed E-state index contributed by atoms with van der Waals surface area (Å²) in [7, 11) is 3.75. The standard InChI is InChI=1S/C15H13ClN4/c1-20(2)15-18-13(17-14(16)19-15)12-9-5-7-10-6-3-4-8-11(10)12/h3-9H,1-2H3. The molecule has 3 rings (SSSR count). The molecule has 100 valence electrons. The van der Waals surface area contributed by atoms with E-state index in [0.29, 0.717) is 11.8 Å². The second-order valence-corrected chi connectivity index (χ2v) is 4.99. The maximum Gasteiger partial charge on any atom is 0.229 e. The van der Waals surface area contributed by atoms with Gasteiger partial charge in [0.1, 0.15) is 0 Å². The molecule has 0 spiro atoms. The van der Waals surface area contributed by atoms with Gasteiger partial charge in [-0.1, -0.05) is 42.5 Å². The minimum Gasteiger partial charge on any atom is -0.347 e. The molecule has 1 heterocycles. The summed E-state index contributed by atoms with van der Waals surface area (Å²) in [5, 5.41) is 2.45. The SMILES string of the molecule is CN(C)c1nc(Cl)nc(-c2cccc3ccccc23)n1. The lowest BCUT2D eigenvalue weighted by molar-refractivity contribution is 0.962. The number of nitrogens with zero attached hydrogens (tertiary/aromatic N) is 4. The van der Waals surface area contributed by atoms with Crippen molar-refractivity contribution in [3.05, 3.63) is 47.7 Å². The van der Waals surface area contributed by atoms with Crippen LogP contribution < -0.4 is 4.90 Å². The van der Waals surface area contributed by atoms with Crippen LogP contribution in [0.4, 0.5) is 5.95 Å². The molecular weight excluding hydrogens is 272 g/mol. The highest BCUT2D eigenvalue weighted by molar-refractivity contribution is 6.28. The van der Waals surface area contributed by atoms with Gasteiger partial charge in [0.15, 0.2) is 5.82 Å². The van der Waals surface area contributed by atoms with Gasteiger partial charge >= 0.3 is 0 Å². The number of halogens is 1. The van der Waals surface area contributed by atoms with Gasteiger partial charge in [0.2, 0.25) is 11.2 Å². The molecule has 0 amide bonds. The van der Waals surface area contributed by atoms with Crippen molar-refractivity contribution in [1.29, 1.82) is 0 Å². The van der Waals surface area contributed by atoms with Crippen LogP contribution in [0.2, 0.25) is 5.28 Å². The molecule has 0 radical (unpaired) electrons. The highest BCUT2D eigenvalue weighted by Gasteiger charge is 2.11. The highest BCUT2D eigenvalue weighted by atomic mass is 35.5. The Balaban J connectivity index is 2.25. The molecule has 20 heavy (non-hydrogen) atoms. The van der Waals surface area contributed by atoms with Crippen LogP contribution in [-0.2, 0) is 0 Å². The van der Waals surface area contributed by atoms with Crippen molar-refractivity contribution in [2.45, 2.75) is 0 Å². The topological polar surface area (TPSA) is 41.9 Å². The number of anilines is 1. The summed E-state index contributed by atoms with van der Waals surface area (Å²) in [5.74, 6) is 1.14. The van der Waals surface area contributed by atoms with Gasteiger partial charge < -0.3 is 4.90 Å². The molecule has 0 aliphatic rings. The Bertz CT molecular complexity index is 765. The van der Waals surface area contributed by atoms with E-state index in [-0.39, 0.29) is 5.28 Å². The maximum atomic E-state index is 6.01. The Morgan fingerprint density at radius 1 is 0.900 bits per heavy atom. The van der Waals surface area contributed by atoms with Crippen LogP contribution in [0.3, 0.4) is 0 Å². The van der Waals surface area contributed by atoms with Crippen LogP contribution in [0.5, 0.6) is 0 Å². The van der Waals surface area contributed by atoms with E-state index in [0.717, 1.165) is 16.3 Å².